The lowest BCUT2D eigenvalue weighted by Crippen LogP contribution is -2.39. The molecule has 1 aliphatic carbocycles. The van der Waals surface area contributed by atoms with Crippen molar-refractivity contribution in [3.63, 3.8) is 0 Å². The van der Waals surface area contributed by atoms with Gasteiger partial charge in [-0.3, -0.25) is 4.99 Å². The lowest BCUT2D eigenvalue weighted by atomic mass is 9.94. The van der Waals surface area contributed by atoms with Gasteiger partial charge in [-0.1, -0.05) is 6.42 Å². The van der Waals surface area contributed by atoms with E-state index in [2.05, 4.69) is 10.3 Å². The summed E-state index contributed by atoms with van der Waals surface area (Å²) in [5.41, 5.74) is 5.56. The van der Waals surface area contributed by atoms with Crippen molar-refractivity contribution in [1.82, 2.24) is 5.32 Å². The van der Waals surface area contributed by atoms with Gasteiger partial charge in [-0.2, -0.15) is 0 Å². The van der Waals surface area contributed by atoms with Crippen LogP contribution >= 0.6 is 0 Å². The van der Waals surface area contributed by atoms with Crippen LogP contribution in [0.15, 0.2) is 4.99 Å². The third kappa shape index (κ3) is 2.65. The van der Waals surface area contributed by atoms with E-state index >= 15 is 0 Å². The predicted octanol–water partition coefficient (Wildman–Crippen LogP) is 0.596. The molecule has 1 saturated heterocycles. The molecule has 0 aromatic carbocycles. The normalized spacial score (nSPS) is 29.6. The molecule has 0 aromatic heterocycles. The predicted molar refractivity (Wildman–Crippen MR) is 62.2 cm³/mol. The van der Waals surface area contributed by atoms with E-state index in [-0.39, 0.29) is 11.9 Å². The molecule has 2 fully saturated rings. The number of nitrogens with zero attached hydrogens (tertiary/aromatic N) is 1. The van der Waals surface area contributed by atoms with Gasteiger partial charge in [-0.15, -0.1) is 0 Å². The molecule has 1 heterocycles. The van der Waals surface area contributed by atoms with Crippen LogP contribution in [0.4, 0.5) is 0 Å². The van der Waals surface area contributed by atoms with Crippen molar-refractivity contribution in [2.75, 3.05) is 20.2 Å². The maximum atomic E-state index is 5.99. The molecule has 0 amide bonds. The summed E-state index contributed by atoms with van der Waals surface area (Å²) >= 11 is 0. The molecule has 16 heavy (non-hydrogen) atoms. The van der Waals surface area contributed by atoms with E-state index in [1.165, 1.54) is 19.3 Å². The molecular weight excluding hydrogens is 206 g/mol. The first-order valence-corrected chi connectivity index (χ1v) is 6.02. The molecule has 5 nitrogen and oxygen atoms in total. The van der Waals surface area contributed by atoms with Crippen molar-refractivity contribution in [3.8, 4) is 0 Å². The maximum absolute atomic E-state index is 5.99. The summed E-state index contributed by atoms with van der Waals surface area (Å²) in [7, 11) is 1.66. The van der Waals surface area contributed by atoms with Gasteiger partial charge in [0, 0.05) is 26.4 Å². The van der Waals surface area contributed by atoms with Crippen molar-refractivity contribution >= 4 is 5.96 Å². The van der Waals surface area contributed by atoms with Crippen LogP contribution in [0.25, 0.3) is 0 Å². The number of nitrogens with one attached hydrogen (secondary N) is 1. The Labute approximate surface area is 96.4 Å². The van der Waals surface area contributed by atoms with Crippen LogP contribution in [0, 0.1) is 0 Å². The van der Waals surface area contributed by atoms with E-state index in [0.717, 1.165) is 12.8 Å². The summed E-state index contributed by atoms with van der Waals surface area (Å²) in [4.78, 5) is 3.84. The van der Waals surface area contributed by atoms with Gasteiger partial charge >= 0.3 is 0 Å². The van der Waals surface area contributed by atoms with E-state index in [9.17, 15) is 0 Å². The SMILES string of the molecule is CN=C(N)NCC1COC2(CCCCC2)O1. The van der Waals surface area contributed by atoms with E-state index in [1.807, 2.05) is 0 Å². The molecule has 0 aromatic rings. The van der Waals surface area contributed by atoms with Gasteiger partial charge in [0.05, 0.1) is 6.61 Å². The highest BCUT2D eigenvalue weighted by molar-refractivity contribution is 5.77. The number of aliphatic imine (C=N–C) groups is 1. The monoisotopic (exact) mass is 227 g/mol. The third-order valence-corrected chi connectivity index (χ3v) is 3.28. The minimum atomic E-state index is -0.289. The minimum absolute atomic E-state index is 0.0957. The molecule has 2 aliphatic rings. The number of guanidine groups is 1. The fraction of sp³-hybridized carbons (Fsp3) is 0.909. The van der Waals surface area contributed by atoms with Crippen LogP contribution in [0.1, 0.15) is 32.1 Å². The molecule has 1 aliphatic heterocycles. The molecule has 1 unspecified atom stereocenters. The fourth-order valence-electron chi connectivity index (χ4n) is 2.37. The lowest BCUT2D eigenvalue weighted by Gasteiger charge is -2.31. The summed E-state index contributed by atoms with van der Waals surface area (Å²) in [5.74, 6) is 0.163. The zero-order valence-electron chi connectivity index (χ0n) is 9.87. The summed E-state index contributed by atoms with van der Waals surface area (Å²) in [6.45, 7) is 1.33. The Bertz CT molecular complexity index is 262. The average Bonchev–Trinajstić information content (AvgIpc) is 2.70. The largest absolute Gasteiger partial charge is 0.370 e. The van der Waals surface area contributed by atoms with Crippen LogP contribution in [-0.2, 0) is 9.47 Å². The quantitative estimate of drug-likeness (QED) is 0.535. The molecule has 1 atom stereocenters. The van der Waals surface area contributed by atoms with Gasteiger partial charge in [-0.25, -0.2) is 0 Å². The Morgan fingerprint density at radius 2 is 2.19 bits per heavy atom. The van der Waals surface area contributed by atoms with E-state index in [4.69, 9.17) is 15.2 Å². The van der Waals surface area contributed by atoms with E-state index in [0.29, 0.717) is 19.1 Å². The molecule has 0 bridgehead atoms. The van der Waals surface area contributed by atoms with Crippen molar-refractivity contribution in [2.45, 2.75) is 44.0 Å². The van der Waals surface area contributed by atoms with Crippen LogP contribution in [-0.4, -0.2) is 38.0 Å². The van der Waals surface area contributed by atoms with Crippen LogP contribution in [0.5, 0.6) is 0 Å². The van der Waals surface area contributed by atoms with Crippen LogP contribution < -0.4 is 11.1 Å². The zero-order chi connectivity index (χ0) is 11.4. The second-order valence-corrected chi connectivity index (χ2v) is 4.51. The molecule has 3 N–H and O–H groups in total. The Morgan fingerprint density at radius 1 is 1.44 bits per heavy atom. The summed E-state index contributed by atoms with van der Waals surface area (Å²) in [5, 5.41) is 3.02. The number of hydrogen-bond donors (Lipinski definition) is 2. The highest BCUT2D eigenvalue weighted by atomic mass is 16.7. The van der Waals surface area contributed by atoms with Crippen LogP contribution in [0.2, 0.25) is 0 Å². The van der Waals surface area contributed by atoms with Crippen LogP contribution in [0.3, 0.4) is 0 Å². The van der Waals surface area contributed by atoms with Gasteiger partial charge in [0.2, 0.25) is 0 Å². The van der Waals surface area contributed by atoms with Gasteiger partial charge in [0.25, 0.3) is 0 Å². The first-order valence-electron chi connectivity index (χ1n) is 6.02. The van der Waals surface area contributed by atoms with E-state index < -0.39 is 0 Å². The molecule has 5 heteroatoms. The second kappa shape index (κ2) is 5.01. The maximum Gasteiger partial charge on any atom is 0.188 e. The van der Waals surface area contributed by atoms with Crippen molar-refractivity contribution in [1.29, 1.82) is 0 Å². The highest BCUT2D eigenvalue weighted by Crippen LogP contribution is 2.37. The molecule has 92 valence electrons. The summed E-state index contributed by atoms with van der Waals surface area (Å²) in [6, 6.07) is 0. The Morgan fingerprint density at radius 3 is 2.88 bits per heavy atom. The van der Waals surface area contributed by atoms with Gasteiger partial charge < -0.3 is 20.5 Å². The highest BCUT2D eigenvalue weighted by Gasteiger charge is 2.41. The Kier molecular flexibility index (Phi) is 3.66. The number of ether oxygens (including phenoxy) is 2. The second-order valence-electron chi connectivity index (χ2n) is 4.51. The van der Waals surface area contributed by atoms with Crippen molar-refractivity contribution < 1.29 is 9.47 Å². The Hall–Kier alpha value is -0.810. The molecule has 1 spiro atoms. The van der Waals surface area contributed by atoms with Gasteiger partial charge in [0.15, 0.2) is 11.7 Å². The van der Waals surface area contributed by atoms with Gasteiger partial charge in [0.1, 0.15) is 6.10 Å². The molecular formula is C11H21N3O2. The number of nitrogens with two attached hydrogens (primary N) is 1. The first kappa shape index (κ1) is 11.7. The summed E-state index contributed by atoms with van der Waals surface area (Å²) < 4.78 is 11.8. The Balaban J connectivity index is 1.78. The average molecular weight is 227 g/mol. The summed E-state index contributed by atoms with van der Waals surface area (Å²) in [6.07, 6.45) is 5.87. The zero-order valence-corrected chi connectivity index (χ0v) is 9.87. The lowest BCUT2D eigenvalue weighted by molar-refractivity contribution is -0.186. The first-order chi connectivity index (χ1) is 7.74. The minimum Gasteiger partial charge on any atom is -0.370 e. The molecule has 1 saturated carbocycles. The third-order valence-electron chi connectivity index (χ3n) is 3.28. The number of rotatable bonds is 2. The van der Waals surface area contributed by atoms with Crippen molar-refractivity contribution in [3.05, 3.63) is 0 Å². The molecule has 0 radical (unpaired) electrons. The molecule has 2 rings (SSSR count). The smallest absolute Gasteiger partial charge is 0.188 e. The standard InChI is InChI=1S/C11H21N3O2/c1-13-10(12)14-7-9-8-15-11(16-9)5-3-2-4-6-11/h9H,2-8H2,1H3,(H3,12,13,14). The number of hydrogen-bond acceptors (Lipinski definition) is 3. The topological polar surface area (TPSA) is 68.9 Å². The van der Waals surface area contributed by atoms with E-state index in [1.54, 1.807) is 7.05 Å². The van der Waals surface area contributed by atoms with Gasteiger partial charge in [-0.05, 0) is 12.8 Å². The van der Waals surface area contributed by atoms with Crippen molar-refractivity contribution in [2.24, 2.45) is 10.7 Å². The fourth-order valence-corrected chi connectivity index (χ4v) is 2.37.